The average molecular weight is 992 g/mol. The minimum atomic E-state index is -1.79. The van der Waals surface area contributed by atoms with Crippen molar-refractivity contribution in [2.75, 3.05) is 19.8 Å². The van der Waals surface area contributed by atoms with Gasteiger partial charge in [-0.05, 0) is 70.6 Å². The first-order valence-corrected chi connectivity index (χ1v) is 27.2. The van der Waals surface area contributed by atoms with Crippen molar-refractivity contribution in [3.63, 3.8) is 0 Å². The zero-order valence-electron chi connectivity index (χ0n) is 43.0. The maximum atomic E-state index is 13.2. The van der Waals surface area contributed by atoms with Crippen molar-refractivity contribution in [2.45, 2.75) is 254 Å². The molecule has 0 aliphatic carbocycles. The van der Waals surface area contributed by atoms with Crippen molar-refractivity contribution >= 4 is 5.91 Å². The summed E-state index contributed by atoms with van der Waals surface area (Å²) in [5.41, 5.74) is 0. The Kier molecular flexibility index (Phi) is 38.0. The molecule has 0 radical (unpaired) electrons. The van der Waals surface area contributed by atoms with Crippen molar-refractivity contribution in [1.82, 2.24) is 5.32 Å². The van der Waals surface area contributed by atoms with E-state index in [1.807, 2.05) is 6.08 Å². The molecule has 404 valence electrons. The lowest BCUT2D eigenvalue weighted by Crippen LogP contribution is -2.65. The number of carbonyl (C=O) groups is 1. The number of aliphatic hydroxyl groups is 8. The molecule has 1 amide bonds. The standard InChI is InChI=1S/C56H97NO13/c1-3-5-7-9-11-13-15-16-17-18-19-20-21-22-23-24-25-26-27-28-30-32-34-36-38-40-48(61)57-44(45(60)39-37-35-33-31-29-14-12-10-8-6-4-2)43-67-55-53(66)51(64)54(47(42-59)69-55)70-56-52(65)50(63)49(62)46(41-58)68-56/h5,7,11,13,16-17,19-20,29,31,37,39,44-47,49-56,58-60,62-66H,3-4,6,8-10,12,14-15,18,21-28,30,32-36,38,40-43H2,1-2H3,(H,57,61)/b7-5-,13-11-,17-16-,20-19-,31-29+,39-37+. The zero-order valence-corrected chi connectivity index (χ0v) is 43.0. The van der Waals surface area contributed by atoms with Crippen molar-refractivity contribution in [2.24, 2.45) is 0 Å². The van der Waals surface area contributed by atoms with Crippen molar-refractivity contribution < 1.29 is 64.6 Å². The molecule has 9 N–H and O–H groups in total. The Labute approximate surface area is 421 Å². The zero-order chi connectivity index (χ0) is 51.0. The highest BCUT2D eigenvalue weighted by Gasteiger charge is 2.51. The smallest absolute Gasteiger partial charge is 0.220 e. The number of amides is 1. The molecule has 14 heteroatoms. The average Bonchev–Trinajstić information content (AvgIpc) is 3.36. The Morgan fingerprint density at radius 2 is 1.00 bits per heavy atom. The van der Waals surface area contributed by atoms with E-state index in [0.717, 1.165) is 64.2 Å². The summed E-state index contributed by atoms with van der Waals surface area (Å²) in [4.78, 5) is 13.2. The van der Waals surface area contributed by atoms with Gasteiger partial charge >= 0.3 is 0 Å². The molecule has 12 unspecified atom stereocenters. The van der Waals surface area contributed by atoms with Crippen LogP contribution in [0.2, 0.25) is 0 Å². The number of rotatable bonds is 41. The molecule has 0 aromatic rings. The van der Waals surface area contributed by atoms with Gasteiger partial charge in [0.15, 0.2) is 12.6 Å². The number of carbonyl (C=O) groups excluding carboxylic acids is 1. The number of nitrogens with one attached hydrogen (secondary N) is 1. The van der Waals surface area contributed by atoms with E-state index in [4.69, 9.17) is 18.9 Å². The third-order valence-corrected chi connectivity index (χ3v) is 12.9. The van der Waals surface area contributed by atoms with Crippen LogP contribution in [0.4, 0.5) is 0 Å². The van der Waals surface area contributed by atoms with E-state index >= 15 is 0 Å². The van der Waals surface area contributed by atoms with Gasteiger partial charge in [0.1, 0.15) is 48.8 Å². The fourth-order valence-corrected chi connectivity index (χ4v) is 8.47. The number of unbranched alkanes of at least 4 members (excludes halogenated alkanes) is 18. The fourth-order valence-electron chi connectivity index (χ4n) is 8.47. The molecule has 2 saturated heterocycles. The van der Waals surface area contributed by atoms with Crippen LogP contribution >= 0.6 is 0 Å². The summed E-state index contributed by atoms with van der Waals surface area (Å²) in [6, 6.07) is -0.934. The van der Waals surface area contributed by atoms with Gasteiger partial charge in [0.05, 0.1) is 32.0 Å². The molecule has 70 heavy (non-hydrogen) atoms. The van der Waals surface area contributed by atoms with Crippen LogP contribution in [0.25, 0.3) is 0 Å². The second-order valence-electron chi connectivity index (χ2n) is 19.0. The topological polar surface area (TPSA) is 228 Å². The van der Waals surface area contributed by atoms with Gasteiger partial charge in [-0.25, -0.2) is 0 Å². The summed E-state index contributed by atoms with van der Waals surface area (Å²) in [6.07, 6.45) is 36.7. The fraction of sp³-hybridized carbons (Fsp3) is 0.768. The van der Waals surface area contributed by atoms with Gasteiger partial charge in [0, 0.05) is 6.42 Å². The summed E-state index contributed by atoms with van der Waals surface area (Å²) < 4.78 is 22.7. The SMILES string of the molecule is CC/C=C\C/C=C\C/C=C\C/C=C\CCCCCCCCCCCCCCC(=O)NC(COC1OC(CO)C(OC2OC(CO)C(O)C(O)C2O)C(O)C1O)C(O)/C=C/CC/C=C/CCCCCCC. The Hall–Kier alpha value is -2.57. The normalized spacial score (nSPS) is 26.5. The molecule has 2 rings (SSSR count). The largest absolute Gasteiger partial charge is 0.394 e. The van der Waals surface area contributed by atoms with Gasteiger partial charge < -0.3 is 65.1 Å². The maximum absolute atomic E-state index is 13.2. The Balaban J connectivity index is 1.75. The van der Waals surface area contributed by atoms with E-state index in [2.05, 4.69) is 79.9 Å². The summed E-state index contributed by atoms with van der Waals surface area (Å²) in [6.45, 7) is 2.61. The third kappa shape index (κ3) is 28.0. The first-order valence-electron chi connectivity index (χ1n) is 27.2. The van der Waals surface area contributed by atoms with Gasteiger partial charge in [-0.15, -0.1) is 0 Å². The summed E-state index contributed by atoms with van der Waals surface area (Å²) in [5, 5.41) is 86.7. The summed E-state index contributed by atoms with van der Waals surface area (Å²) >= 11 is 0. The van der Waals surface area contributed by atoms with Crippen LogP contribution in [0.1, 0.15) is 181 Å². The lowest BCUT2D eigenvalue weighted by molar-refractivity contribution is -0.359. The van der Waals surface area contributed by atoms with E-state index in [1.165, 1.54) is 83.5 Å². The van der Waals surface area contributed by atoms with Crippen LogP contribution in [-0.2, 0) is 23.7 Å². The van der Waals surface area contributed by atoms with Crippen LogP contribution < -0.4 is 5.32 Å². The van der Waals surface area contributed by atoms with E-state index in [1.54, 1.807) is 6.08 Å². The number of allylic oxidation sites excluding steroid dienone is 11. The molecule has 0 spiro atoms. The Bertz CT molecular complexity index is 1450. The molecule has 14 nitrogen and oxygen atoms in total. The number of ether oxygens (including phenoxy) is 4. The lowest BCUT2D eigenvalue weighted by atomic mass is 9.97. The number of hydrogen-bond acceptors (Lipinski definition) is 13. The van der Waals surface area contributed by atoms with Crippen molar-refractivity contribution in [3.8, 4) is 0 Å². The molecular weight excluding hydrogens is 895 g/mol. The molecule has 2 heterocycles. The van der Waals surface area contributed by atoms with Gasteiger partial charge in [-0.1, -0.05) is 177 Å². The van der Waals surface area contributed by atoms with Crippen LogP contribution in [0.15, 0.2) is 72.9 Å². The van der Waals surface area contributed by atoms with Crippen molar-refractivity contribution in [3.05, 3.63) is 72.9 Å². The molecule has 2 aliphatic heterocycles. The highest BCUT2D eigenvalue weighted by atomic mass is 16.7. The second-order valence-corrected chi connectivity index (χ2v) is 19.0. The van der Waals surface area contributed by atoms with Crippen LogP contribution in [-0.4, -0.2) is 140 Å². The van der Waals surface area contributed by atoms with Gasteiger partial charge in [0.2, 0.25) is 5.91 Å². The van der Waals surface area contributed by atoms with Crippen LogP contribution in [0.5, 0.6) is 0 Å². The highest BCUT2D eigenvalue weighted by molar-refractivity contribution is 5.76. The molecule has 2 fully saturated rings. The van der Waals surface area contributed by atoms with Gasteiger partial charge in [0.25, 0.3) is 0 Å². The first kappa shape index (κ1) is 63.5. The molecule has 0 bridgehead atoms. The minimum Gasteiger partial charge on any atom is -0.394 e. The molecule has 0 aromatic heterocycles. The van der Waals surface area contributed by atoms with Gasteiger partial charge in [-0.3, -0.25) is 4.79 Å². The Morgan fingerprint density at radius 1 is 0.529 bits per heavy atom. The molecular formula is C56H97NO13. The molecule has 12 atom stereocenters. The summed E-state index contributed by atoms with van der Waals surface area (Å²) in [5.74, 6) is -0.257. The predicted octanol–water partition coefficient (Wildman–Crippen LogP) is 7.99. The lowest BCUT2D eigenvalue weighted by Gasteiger charge is -2.46. The Morgan fingerprint density at radius 3 is 1.57 bits per heavy atom. The molecule has 2 aliphatic rings. The van der Waals surface area contributed by atoms with Crippen LogP contribution in [0, 0.1) is 0 Å². The number of aliphatic hydroxyl groups excluding tert-OH is 8. The second kappa shape index (κ2) is 41.9. The molecule has 0 aromatic carbocycles. The predicted molar refractivity (Wildman–Crippen MR) is 277 cm³/mol. The number of hydrogen-bond donors (Lipinski definition) is 9. The maximum Gasteiger partial charge on any atom is 0.220 e. The van der Waals surface area contributed by atoms with E-state index in [9.17, 15) is 45.6 Å². The third-order valence-electron chi connectivity index (χ3n) is 12.9. The van der Waals surface area contributed by atoms with Gasteiger partial charge in [-0.2, -0.15) is 0 Å². The van der Waals surface area contributed by atoms with E-state index < -0.39 is 86.8 Å². The molecule has 0 saturated carbocycles. The monoisotopic (exact) mass is 992 g/mol. The quantitative estimate of drug-likeness (QED) is 0.0209. The summed E-state index contributed by atoms with van der Waals surface area (Å²) in [7, 11) is 0. The van der Waals surface area contributed by atoms with Crippen LogP contribution in [0.3, 0.4) is 0 Å². The minimum absolute atomic E-state index is 0.257. The van der Waals surface area contributed by atoms with E-state index in [-0.39, 0.29) is 18.9 Å². The van der Waals surface area contributed by atoms with Crippen molar-refractivity contribution in [1.29, 1.82) is 0 Å². The van der Waals surface area contributed by atoms with E-state index in [0.29, 0.717) is 12.8 Å². The highest BCUT2D eigenvalue weighted by Crippen LogP contribution is 2.30. The first-order chi connectivity index (χ1) is 34.1.